The van der Waals surface area contributed by atoms with Crippen LogP contribution >= 0.6 is 0 Å². The molecule has 4 heteroatoms. The highest BCUT2D eigenvalue weighted by atomic mass is 14.9. The normalized spacial score (nSPS) is 12.6. The number of para-hydroxylation sites is 2. The van der Waals surface area contributed by atoms with Gasteiger partial charge in [0.2, 0.25) is 0 Å². The molecule has 0 aliphatic carbocycles. The van der Waals surface area contributed by atoms with Gasteiger partial charge >= 0.3 is 0 Å². The largest absolute Gasteiger partial charge is 0.380 e. The molecule has 216 valence electrons. The standard InChI is InChI=1S/C42H28N4/c1-3-11-27(12-4-1)39-23-35(31-21-29-15-7-9-17-37(29)43-25-31)33-19-20-34-36(32-22-30-16-8-10-18-38(30)44-26-32)24-40(28-13-5-2-6-14-28)46-42(34)41(33)45-39/h1-25,44H,26H2. The number of nitrogens with one attached hydrogen (secondary N) is 1. The number of pyridine rings is 3. The lowest BCUT2D eigenvalue weighted by Crippen LogP contribution is -2.10. The summed E-state index contributed by atoms with van der Waals surface area (Å²) < 4.78 is 0. The van der Waals surface area contributed by atoms with Crippen LogP contribution in [0.15, 0.2) is 146 Å². The molecule has 0 saturated carbocycles. The van der Waals surface area contributed by atoms with Gasteiger partial charge in [-0.05, 0) is 58.7 Å². The predicted molar refractivity (Wildman–Crippen MR) is 191 cm³/mol. The molecular formula is C42H28N4. The van der Waals surface area contributed by atoms with Crippen LogP contribution in [-0.4, -0.2) is 21.5 Å². The van der Waals surface area contributed by atoms with Crippen molar-refractivity contribution in [2.24, 2.45) is 0 Å². The van der Waals surface area contributed by atoms with Crippen molar-refractivity contribution in [1.29, 1.82) is 0 Å². The van der Waals surface area contributed by atoms with Gasteiger partial charge in [-0.1, -0.05) is 109 Å². The van der Waals surface area contributed by atoms with E-state index in [-0.39, 0.29) is 0 Å². The Morgan fingerprint density at radius 1 is 0.522 bits per heavy atom. The van der Waals surface area contributed by atoms with Gasteiger partial charge in [-0.2, -0.15) is 0 Å². The molecule has 1 N–H and O–H groups in total. The molecule has 4 nitrogen and oxygen atoms in total. The number of nitrogens with zero attached hydrogens (tertiary/aromatic N) is 3. The molecule has 0 saturated heterocycles. The maximum atomic E-state index is 5.37. The van der Waals surface area contributed by atoms with Crippen molar-refractivity contribution >= 4 is 50.0 Å². The van der Waals surface area contributed by atoms with Crippen LogP contribution in [0.25, 0.3) is 78.0 Å². The minimum atomic E-state index is 0.730. The van der Waals surface area contributed by atoms with Gasteiger partial charge in [0.25, 0.3) is 0 Å². The van der Waals surface area contributed by atoms with E-state index in [2.05, 4.69) is 133 Å². The van der Waals surface area contributed by atoms with Crippen LogP contribution in [0.2, 0.25) is 0 Å². The van der Waals surface area contributed by atoms with E-state index in [1.165, 1.54) is 11.1 Å². The second kappa shape index (κ2) is 10.8. The van der Waals surface area contributed by atoms with Crippen LogP contribution < -0.4 is 5.32 Å². The summed E-state index contributed by atoms with van der Waals surface area (Å²) in [7, 11) is 0. The first-order valence-electron chi connectivity index (χ1n) is 15.6. The van der Waals surface area contributed by atoms with Crippen LogP contribution in [0.3, 0.4) is 0 Å². The molecule has 0 spiro atoms. The summed E-state index contributed by atoms with van der Waals surface area (Å²) in [6.07, 6.45) is 4.28. The number of hydrogen-bond acceptors (Lipinski definition) is 4. The molecule has 1 aliphatic rings. The van der Waals surface area contributed by atoms with Gasteiger partial charge in [0.1, 0.15) is 0 Å². The Labute approximate surface area is 266 Å². The molecule has 5 aromatic carbocycles. The lowest BCUT2D eigenvalue weighted by molar-refractivity contribution is 1.31. The third-order valence-corrected chi connectivity index (χ3v) is 8.90. The summed E-state index contributed by atoms with van der Waals surface area (Å²) in [5, 5.41) is 6.88. The molecule has 0 amide bonds. The van der Waals surface area contributed by atoms with E-state index in [1.54, 1.807) is 0 Å². The predicted octanol–water partition coefficient (Wildman–Crippen LogP) is 10.3. The first-order valence-corrected chi connectivity index (χ1v) is 15.6. The molecule has 0 unspecified atom stereocenters. The van der Waals surface area contributed by atoms with Gasteiger partial charge in [0, 0.05) is 51.3 Å². The SMILES string of the molecule is C1=C(c2cc(-c3ccccc3)nc3c2ccc2c(-c4cnc5ccccc5c4)cc(-c4ccccc4)nc23)CNc2ccccc21. The maximum absolute atomic E-state index is 5.37. The smallest absolute Gasteiger partial charge is 0.0978 e. The summed E-state index contributed by atoms with van der Waals surface area (Å²) >= 11 is 0. The summed E-state index contributed by atoms with van der Waals surface area (Å²) in [5.41, 5.74) is 13.6. The van der Waals surface area contributed by atoms with Crippen molar-refractivity contribution in [2.45, 2.75) is 0 Å². The minimum absolute atomic E-state index is 0.730. The molecular weight excluding hydrogens is 560 g/mol. The lowest BCUT2D eigenvalue weighted by atomic mass is 9.92. The number of benzene rings is 5. The fourth-order valence-corrected chi connectivity index (χ4v) is 6.60. The third-order valence-electron chi connectivity index (χ3n) is 8.90. The third kappa shape index (κ3) is 4.51. The quantitative estimate of drug-likeness (QED) is 0.208. The van der Waals surface area contributed by atoms with Crippen LogP contribution in [-0.2, 0) is 0 Å². The van der Waals surface area contributed by atoms with Gasteiger partial charge in [-0.3, -0.25) is 4.98 Å². The van der Waals surface area contributed by atoms with E-state index >= 15 is 0 Å². The van der Waals surface area contributed by atoms with Crippen molar-refractivity contribution in [3.05, 3.63) is 157 Å². The van der Waals surface area contributed by atoms with Gasteiger partial charge in [-0.25, -0.2) is 9.97 Å². The van der Waals surface area contributed by atoms with Crippen LogP contribution in [0.4, 0.5) is 5.69 Å². The van der Waals surface area contributed by atoms with Crippen LogP contribution in [0.5, 0.6) is 0 Å². The zero-order valence-electron chi connectivity index (χ0n) is 25.0. The zero-order valence-corrected chi connectivity index (χ0v) is 25.0. The first-order chi connectivity index (χ1) is 22.8. The van der Waals surface area contributed by atoms with E-state index in [9.17, 15) is 0 Å². The monoisotopic (exact) mass is 588 g/mol. The number of hydrogen-bond donors (Lipinski definition) is 1. The number of rotatable bonds is 4. The number of aromatic nitrogens is 3. The Hall–Kier alpha value is -6.13. The van der Waals surface area contributed by atoms with E-state index in [1.807, 2.05) is 24.4 Å². The molecule has 3 aromatic heterocycles. The molecule has 0 bridgehead atoms. The van der Waals surface area contributed by atoms with Gasteiger partial charge < -0.3 is 5.32 Å². The van der Waals surface area contributed by atoms with E-state index in [4.69, 9.17) is 15.0 Å². The Balaban J connectivity index is 1.37. The summed E-state index contributed by atoms with van der Waals surface area (Å²) in [5.74, 6) is 0. The molecule has 1 aliphatic heterocycles. The van der Waals surface area contributed by atoms with Crippen molar-refractivity contribution < 1.29 is 0 Å². The summed E-state index contributed by atoms with van der Waals surface area (Å²) in [6.45, 7) is 0.730. The summed E-state index contributed by atoms with van der Waals surface area (Å²) in [6, 6.07) is 48.6. The molecule has 8 aromatic rings. The molecule has 46 heavy (non-hydrogen) atoms. The van der Waals surface area contributed by atoms with Gasteiger partial charge in [-0.15, -0.1) is 0 Å². The van der Waals surface area contributed by atoms with Gasteiger partial charge in [0.15, 0.2) is 0 Å². The second-order valence-electron chi connectivity index (χ2n) is 11.7. The number of anilines is 1. The van der Waals surface area contributed by atoms with E-state index < -0.39 is 0 Å². The Morgan fingerprint density at radius 3 is 1.87 bits per heavy atom. The Morgan fingerprint density at radius 2 is 1.13 bits per heavy atom. The average molecular weight is 589 g/mol. The van der Waals surface area contributed by atoms with E-state index in [0.29, 0.717) is 0 Å². The Kier molecular flexibility index (Phi) is 6.17. The minimum Gasteiger partial charge on any atom is -0.380 e. The molecule has 9 rings (SSSR count). The molecule has 0 atom stereocenters. The van der Waals surface area contributed by atoms with Crippen molar-refractivity contribution in [1.82, 2.24) is 15.0 Å². The van der Waals surface area contributed by atoms with Crippen LogP contribution in [0, 0.1) is 0 Å². The fourth-order valence-electron chi connectivity index (χ4n) is 6.60. The fraction of sp³-hybridized carbons (Fsp3) is 0.0238. The highest BCUT2D eigenvalue weighted by molar-refractivity contribution is 6.13. The van der Waals surface area contributed by atoms with Crippen molar-refractivity contribution in [3.8, 4) is 33.6 Å². The highest BCUT2D eigenvalue weighted by Crippen LogP contribution is 2.40. The van der Waals surface area contributed by atoms with E-state index in [0.717, 1.165) is 84.1 Å². The average Bonchev–Trinajstić information content (AvgIpc) is 3.14. The van der Waals surface area contributed by atoms with Crippen molar-refractivity contribution in [3.63, 3.8) is 0 Å². The summed E-state index contributed by atoms with van der Waals surface area (Å²) in [4.78, 5) is 15.6. The first kappa shape index (κ1) is 26.3. The Bertz CT molecular complexity index is 2470. The van der Waals surface area contributed by atoms with Gasteiger partial charge in [0.05, 0.1) is 27.9 Å². The number of fused-ring (bicyclic) bond motifs is 5. The van der Waals surface area contributed by atoms with Crippen LogP contribution in [0.1, 0.15) is 11.1 Å². The maximum Gasteiger partial charge on any atom is 0.0978 e. The zero-order chi connectivity index (χ0) is 30.5. The van der Waals surface area contributed by atoms with Crippen molar-refractivity contribution in [2.75, 3.05) is 11.9 Å². The second-order valence-corrected chi connectivity index (χ2v) is 11.7. The molecule has 0 radical (unpaired) electrons. The molecule has 4 heterocycles. The topological polar surface area (TPSA) is 50.7 Å². The molecule has 0 fully saturated rings. The lowest BCUT2D eigenvalue weighted by Gasteiger charge is -2.21. The highest BCUT2D eigenvalue weighted by Gasteiger charge is 2.20.